The molecular formula is C12H16ClN5O3. The van der Waals surface area contributed by atoms with Crippen molar-refractivity contribution in [3.63, 3.8) is 0 Å². The largest absolute Gasteiger partial charge is 0.465 e. The summed E-state index contributed by atoms with van der Waals surface area (Å²) >= 11 is 5.95. The zero-order chi connectivity index (χ0) is 15.4. The fraction of sp³-hybridized carbons (Fsp3) is 0.417. The Morgan fingerprint density at radius 3 is 2.71 bits per heavy atom. The first-order chi connectivity index (χ1) is 9.99. The van der Waals surface area contributed by atoms with Crippen LogP contribution in [-0.4, -0.2) is 46.4 Å². The van der Waals surface area contributed by atoms with Gasteiger partial charge in [-0.2, -0.15) is 0 Å². The van der Waals surface area contributed by atoms with Crippen LogP contribution in [0.1, 0.15) is 18.4 Å². The van der Waals surface area contributed by atoms with E-state index < -0.39 is 6.09 Å². The van der Waals surface area contributed by atoms with Gasteiger partial charge in [-0.25, -0.2) is 9.78 Å². The highest BCUT2D eigenvalue weighted by atomic mass is 35.5. The maximum absolute atomic E-state index is 10.6. The summed E-state index contributed by atoms with van der Waals surface area (Å²) < 4.78 is 0. The number of amides is 1. The van der Waals surface area contributed by atoms with Crippen molar-refractivity contribution in [1.82, 2.24) is 10.3 Å². The molecule has 0 bridgehead atoms. The first-order valence-electron chi connectivity index (χ1n) is 6.39. The first kappa shape index (κ1) is 15.2. The van der Waals surface area contributed by atoms with Crippen molar-refractivity contribution in [1.29, 1.82) is 0 Å². The minimum Gasteiger partial charge on any atom is -0.465 e. The van der Waals surface area contributed by atoms with E-state index in [-0.39, 0.29) is 17.0 Å². The third-order valence-corrected chi connectivity index (χ3v) is 3.52. The molecule has 0 atom stereocenters. The number of hydrogen-bond acceptors (Lipinski definition) is 5. The van der Waals surface area contributed by atoms with Crippen molar-refractivity contribution in [3.05, 3.63) is 22.8 Å². The van der Waals surface area contributed by atoms with Gasteiger partial charge < -0.3 is 26.3 Å². The van der Waals surface area contributed by atoms with Gasteiger partial charge in [-0.05, 0) is 25.0 Å². The number of nitrogens with zero attached hydrogens (tertiary/aromatic N) is 3. The minimum atomic E-state index is -1.01. The van der Waals surface area contributed by atoms with Crippen LogP contribution in [0.5, 0.6) is 0 Å². The minimum absolute atomic E-state index is 0.0389. The topological polar surface area (TPSA) is 124 Å². The average molecular weight is 314 g/mol. The number of nitrogens with one attached hydrogen (secondary N) is 1. The standard InChI is InChI=1S/C12H16ClN5O3/c13-9-5-7(11(14)17-21)6-10(16-9)18-3-1-8(2-4-18)15-12(19)20/h5-6,8,15,21H,1-4H2,(H2,14,17)(H,19,20). The molecule has 1 aliphatic rings. The number of aromatic nitrogens is 1. The summed E-state index contributed by atoms with van der Waals surface area (Å²) in [5.74, 6) is 0.584. The molecule has 1 aliphatic heterocycles. The molecule has 1 aromatic heterocycles. The molecule has 114 valence electrons. The lowest BCUT2D eigenvalue weighted by Gasteiger charge is -2.32. The fourth-order valence-corrected chi connectivity index (χ4v) is 2.48. The monoisotopic (exact) mass is 313 g/mol. The second-order valence-electron chi connectivity index (χ2n) is 4.73. The van der Waals surface area contributed by atoms with E-state index in [0.717, 1.165) is 0 Å². The van der Waals surface area contributed by atoms with Crippen molar-refractivity contribution >= 4 is 29.3 Å². The van der Waals surface area contributed by atoms with Gasteiger partial charge in [-0.15, -0.1) is 0 Å². The Balaban J connectivity index is 2.10. The van der Waals surface area contributed by atoms with Crippen molar-refractivity contribution in [2.24, 2.45) is 10.9 Å². The smallest absolute Gasteiger partial charge is 0.404 e. The second-order valence-corrected chi connectivity index (χ2v) is 5.12. The van der Waals surface area contributed by atoms with E-state index in [1.54, 1.807) is 6.07 Å². The van der Waals surface area contributed by atoms with Crippen LogP contribution in [-0.2, 0) is 0 Å². The zero-order valence-electron chi connectivity index (χ0n) is 11.2. The summed E-state index contributed by atoms with van der Waals surface area (Å²) in [4.78, 5) is 16.8. The van der Waals surface area contributed by atoms with Gasteiger partial charge in [0.05, 0.1) is 0 Å². The van der Waals surface area contributed by atoms with E-state index in [9.17, 15) is 4.79 Å². The molecule has 1 saturated heterocycles. The van der Waals surface area contributed by atoms with E-state index in [1.165, 1.54) is 6.07 Å². The summed E-state index contributed by atoms with van der Waals surface area (Å²) in [6.07, 6.45) is 0.349. The number of carboxylic acid groups (broad SMARTS) is 1. The molecule has 5 N–H and O–H groups in total. The maximum Gasteiger partial charge on any atom is 0.404 e. The molecule has 0 unspecified atom stereocenters. The van der Waals surface area contributed by atoms with Crippen LogP contribution in [0.2, 0.25) is 5.15 Å². The maximum atomic E-state index is 10.6. The lowest BCUT2D eigenvalue weighted by molar-refractivity contribution is 0.187. The quantitative estimate of drug-likeness (QED) is 0.217. The fourth-order valence-electron chi connectivity index (χ4n) is 2.28. The SMILES string of the molecule is N/C(=N/O)c1cc(Cl)nc(N2CCC(NC(=O)O)CC2)c1. The van der Waals surface area contributed by atoms with E-state index in [4.69, 9.17) is 27.6 Å². The Morgan fingerprint density at radius 2 is 2.14 bits per heavy atom. The molecule has 1 amide bonds. The highest BCUT2D eigenvalue weighted by Crippen LogP contribution is 2.22. The van der Waals surface area contributed by atoms with Crippen LogP contribution in [0, 0.1) is 0 Å². The van der Waals surface area contributed by atoms with Crippen LogP contribution in [0.25, 0.3) is 0 Å². The summed E-state index contributed by atoms with van der Waals surface area (Å²) in [5.41, 5.74) is 6.04. The molecule has 0 aromatic carbocycles. The molecule has 21 heavy (non-hydrogen) atoms. The van der Waals surface area contributed by atoms with Gasteiger partial charge in [0, 0.05) is 24.7 Å². The van der Waals surface area contributed by atoms with Crippen molar-refractivity contribution in [3.8, 4) is 0 Å². The first-order valence-corrected chi connectivity index (χ1v) is 6.77. The van der Waals surface area contributed by atoms with Crippen molar-refractivity contribution < 1.29 is 15.1 Å². The molecule has 0 saturated carbocycles. The Morgan fingerprint density at radius 1 is 1.48 bits per heavy atom. The zero-order valence-corrected chi connectivity index (χ0v) is 11.9. The Kier molecular flexibility index (Phi) is 4.69. The van der Waals surface area contributed by atoms with Gasteiger partial charge in [0.2, 0.25) is 0 Å². The van der Waals surface area contributed by atoms with Gasteiger partial charge in [-0.1, -0.05) is 16.8 Å². The Hall–Kier alpha value is -2.22. The normalized spacial score (nSPS) is 16.8. The van der Waals surface area contributed by atoms with Crippen LogP contribution in [0.15, 0.2) is 17.3 Å². The second kappa shape index (κ2) is 6.49. The van der Waals surface area contributed by atoms with E-state index in [2.05, 4.69) is 15.5 Å². The molecule has 1 aromatic rings. The number of pyridine rings is 1. The van der Waals surface area contributed by atoms with E-state index in [0.29, 0.717) is 37.3 Å². The van der Waals surface area contributed by atoms with Crippen LogP contribution < -0.4 is 16.0 Å². The summed E-state index contributed by atoms with van der Waals surface area (Å²) in [6, 6.07) is 3.14. The molecule has 8 nitrogen and oxygen atoms in total. The third kappa shape index (κ3) is 3.88. The Bertz CT molecular complexity index is 558. The van der Waals surface area contributed by atoms with Gasteiger partial charge in [-0.3, -0.25) is 0 Å². The van der Waals surface area contributed by atoms with Crippen LogP contribution in [0.4, 0.5) is 10.6 Å². The average Bonchev–Trinajstić information content (AvgIpc) is 2.46. The predicted molar refractivity (Wildman–Crippen MR) is 78.2 cm³/mol. The third-order valence-electron chi connectivity index (χ3n) is 3.33. The number of amidine groups is 1. The lowest BCUT2D eigenvalue weighted by atomic mass is 10.1. The van der Waals surface area contributed by atoms with Gasteiger partial charge >= 0.3 is 6.09 Å². The van der Waals surface area contributed by atoms with E-state index in [1.807, 2.05) is 4.90 Å². The lowest BCUT2D eigenvalue weighted by Crippen LogP contribution is -2.44. The number of nitrogens with two attached hydrogens (primary N) is 1. The molecule has 0 radical (unpaired) electrons. The summed E-state index contributed by atoms with van der Waals surface area (Å²) in [7, 11) is 0. The van der Waals surface area contributed by atoms with Gasteiger partial charge in [0.25, 0.3) is 0 Å². The number of halogens is 1. The van der Waals surface area contributed by atoms with Crippen molar-refractivity contribution in [2.75, 3.05) is 18.0 Å². The van der Waals surface area contributed by atoms with Crippen molar-refractivity contribution in [2.45, 2.75) is 18.9 Å². The molecular weight excluding hydrogens is 298 g/mol. The van der Waals surface area contributed by atoms with Crippen LogP contribution in [0.3, 0.4) is 0 Å². The Labute approximate surface area is 126 Å². The number of rotatable bonds is 3. The van der Waals surface area contributed by atoms with Gasteiger partial charge in [0.1, 0.15) is 11.0 Å². The molecule has 9 heteroatoms. The number of carbonyl (C=O) groups is 1. The molecule has 2 heterocycles. The number of oxime groups is 1. The number of piperidine rings is 1. The molecule has 0 spiro atoms. The highest BCUT2D eigenvalue weighted by Gasteiger charge is 2.22. The summed E-state index contributed by atoms with van der Waals surface area (Å²) in [6.45, 7) is 1.29. The highest BCUT2D eigenvalue weighted by molar-refractivity contribution is 6.30. The molecule has 2 rings (SSSR count). The number of hydrogen-bond donors (Lipinski definition) is 4. The number of anilines is 1. The predicted octanol–water partition coefficient (Wildman–Crippen LogP) is 1.07. The summed E-state index contributed by atoms with van der Waals surface area (Å²) in [5, 5.41) is 23.1. The van der Waals surface area contributed by atoms with Crippen LogP contribution >= 0.6 is 11.6 Å². The molecule has 0 aliphatic carbocycles. The van der Waals surface area contributed by atoms with E-state index >= 15 is 0 Å². The van der Waals surface area contributed by atoms with Gasteiger partial charge in [0.15, 0.2) is 5.84 Å². The molecule has 1 fully saturated rings.